The maximum Gasteiger partial charge on any atom is 0.262 e. The minimum absolute atomic E-state index is 0.217. The molecule has 0 aliphatic heterocycles. The molecular weight excluding hydrogens is 461 g/mol. The van der Waals surface area contributed by atoms with Crippen LogP contribution in [0.4, 0.5) is 5.69 Å². The van der Waals surface area contributed by atoms with E-state index in [2.05, 4.69) is 10.3 Å². The van der Waals surface area contributed by atoms with Gasteiger partial charge in [-0.3, -0.25) is 14.2 Å². The fourth-order valence-corrected chi connectivity index (χ4v) is 4.14. The highest BCUT2D eigenvalue weighted by molar-refractivity contribution is 8.00. The topological polar surface area (TPSA) is 82.4 Å². The second-order valence-electron chi connectivity index (χ2n) is 6.60. The number of halogens is 2. The number of hydrogen-bond donors (Lipinski definition) is 1. The molecule has 31 heavy (non-hydrogen) atoms. The molecule has 0 fully saturated rings. The Labute approximate surface area is 193 Å². The van der Waals surface area contributed by atoms with Crippen LogP contribution in [0.1, 0.15) is 6.92 Å². The number of anilines is 1. The highest BCUT2D eigenvalue weighted by Crippen LogP contribution is 2.30. The largest absolute Gasteiger partial charge is 0.495 e. The lowest BCUT2D eigenvalue weighted by atomic mass is 10.2. The second kappa shape index (κ2) is 10.4. The summed E-state index contributed by atoms with van der Waals surface area (Å²) in [5, 5.41) is 4.04. The van der Waals surface area contributed by atoms with Gasteiger partial charge in [0.1, 0.15) is 5.75 Å². The Morgan fingerprint density at radius 2 is 1.90 bits per heavy atom. The Morgan fingerprint density at radius 3 is 2.61 bits per heavy atom. The zero-order valence-corrected chi connectivity index (χ0v) is 19.5. The number of fused-ring (bicyclic) bond motifs is 1. The SMILES string of the molecule is COCCn1c(SC(C)C(=O)Nc2cc(Cl)ccc2OC)nc2cc(Cl)ccc2c1=O. The van der Waals surface area contributed by atoms with Gasteiger partial charge in [-0.15, -0.1) is 0 Å². The van der Waals surface area contributed by atoms with Gasteiger partial charge in [0.15, 0.2) is 5.16 Å². The summed E-state index contributed by atoms with van der Waals surface area (Å²) in [6.45, 7) is 2.36. The highest BCUT2D eigenvalue weighted by atomic mass is 35.5. The standard InChI is InChI=1S/C21H21Cl2N3O4S/c1-12(19(27)24-17-11-14(23)5-7-18(17)30-3)31-21-25-16-10-13(22)4-6-15(16)20(28)26(21)8-9-29-2/h4-7,10-12H,8-9H2,1-3H3,(H,24,27). The fourth-order valence-electron chi connectivity index (χ4n) is 2.87. The van der Waals surface area contributed by atoms with Crippen molar-refractivity contribution in [1.82, 2.24) is 9.55 Å². The number of ether oxygens (including phenoxy) is 2. The second-order valence-corrected chi connectivity index (χ2v) is 8.78. The van der Waals surface area contributed by atoms with E-state index < -0.39 is 5.25 Å². The fraction of sp³-hybridized carbons (Fsp3) is 0.286. The summed E-state index contributed by atoms with van der Waals surface area (Å²) in [5.74, 6) is 0.203. The van der Waals surface area contributed by atoms with Gasteiger partial charge in [-0.25, -0.2) is 4.98 Å². The molecule has 10 heteroatoms. The summed E-state index contributed by atoms with van der Waals surface area (Å²) >= 11 is 13.3. The van der Waals surface area contributed by atoms with Crippen molar-refractivity contribution < 1.29 is 14.3 Å². The van der Waals surface area contributed by atoms with Crippen LogP contribution in [-0.2, 0) is 16.1 Å². The third kappa shape index (κ3) is 5.51. The molecule has 1 atom stereocenters. The number of benzene rings is 2. The molecule has 2 aromatic carbocycles. The molecule has 1 aromatic heterocycles. The minimum Gasteiger partial charge on any atom is -0.495 e. The molecular formula is C21H21Cl2N3O4S. The molecule has 0 radical (unpaired) electrons. The minimum atomic E-state index is -0.569. The molecule has 0 saturated heterocycles. The number of aromatic nitrogens is 2. The van der Waals surface area contributed by atoms with Crippen LogP contribution in [-0.4, -0.2) is 41.5 Å². The maximum absolute atomic E-state index is 13.0. The van der Waals surface area contributed by atoms with E-state index >= 15 is 0 Å². The van der Waals surface area contributed by atoms with Crippen LogP contribution in [0.25, 0.3) is 10.9 Å². The summed E-state index contributed by atoms with van der Waals surface area (Å²) < 4.78 is 11.9. The number of nitrogens with one attached hydrogen (secondary N) is 1. The number of hydrogen-bond acceptors (Lipinski definition) is 6. The zero-order chi connectivity index (χ0) is 22.5. The smallest absolute Gasteiger partial charge is 0.262 e. The lowest BCUT2D eigenvalue weighted by molar-refractivity contribution is -0.115. The van der Waals surface area contributed by atoms with Crippen molar-refractivity contribution in [3.63, 3.8) is 0 Å². The van der Waals surface area contributed by atoms with Gasteiger partial charge in [0.05, 0.1) is 42.1 Å². The molecule has 1 heterocycles. The van der Waals surface area contributed by atoms with E-state index in [1.807, 2.05) is 0 Å². The van der Waals surface area contributed by atoms with Crippen LogP contribution in [0.15, 0.2) is 46.3 Å². The highest BCUT2D eigenvalue weighted by Gasteiger charge is 2.21. The Bertz CT molecular complexity index is 1170. The molecule has 1 amide bonds. The predicted octanol–water partition coefficient (Wildman–Crippen LogP) is 4.48. The van der Waals surface area contributed by atoms with Crippen LogP contribution < -0.4 is 15.6 Å². The molecule has 0 aliphatic carbocycles. The van der Waals surface area contributed by atoms with Crippen LogP contribution in [0.5, 0.6) is 5.75 Å². The first-order valence-corrected chi connectivity index (χ1v) is 11.0. The van der Waals surface area contributed by atoms with Crippen LogP contribution in [0.3, 0.4) is 0 Å². The van der Waals surface area contributed by atoms with Crippen molar-refractivity contribution in [2.24, 2.45) is 0 Å². The number of rotatable bonds is 8. The van der Waals surface area contributed by atoms with Gasteiger partial charge in [-0.2, -0.15) is 0 Å². The average Bonchev–Trinajstić information content (AvgIpc) is 2.73. The molecule has 1 unspecified atom stereocenters. The molecule has 0 spiro atoms. The summed E-state index contributed by atoms with van der Waals surface area (Å²) in [6.07, 6.45) is 0. The third-order valence-electron chi connectivity index (χ3n) is 4.47. The number of methoxy groups -OCH3 is 2. The van der Waals surface area contributed by atoms with Crippen molar-refractivity contribution in [3.8, 4) is 5.75 Å². The van der Waals surface area contributed by atoms with Gasteiger partial charge in [0, 0.05) is 17.2 Å². The average molecular weight is 482 g/mol. The van der Waals surface area contributed by atoms with E-state index in [4.69, 9.17) is 32.7 Å². The Kier molecular flexibility index (Phi) is 7.83. The van der Waals surface area contributed by atoms with E-state index in [0.717, 1.165) is 0 Å². The normalized spacial score (nSPS) is 12.0. The molecule has 0 bridgehead atoms. The van der Waals surface area contributed by atoms with Crippen molar-refractivity contribution >= 4 is 57.5 Å². The van der Waals surface area contributed by atoms with Gasteiger partial charge < -0.3 is 14.8 Å². The van der Waals surface area contributed by atoms with E-state index in [-0.39, 0.29) is 11.5 Å². The molecule has 0 aliphatic rings. The molecule has 1 N–H and O–H groups in total. The first kappa shape index (κ1) is 23.4. The van der Waals surface area contributed by atoms with Crippen LogP contribution in [0, 0.1) is 0 Å². The van der Waals surface area contributed by atoms with Gasteiger partial charge in [-0.05, 0) is 43.3 Å². The molecule has 164 valence electrons. The van der Waals surface area contributed by atoms with E-state index in [1.54, 1.807) is 50.4 Å². The number of thioether (sulfide) groups is 1. The summed E-state index contributed by atoms with van der Waals surface area (Å²) in [6, 6.07) is 9.88. The first-order chi connectivity index (χ1) is 14.8. The van der Waals surface area contributed by atoms with Crippen LogP contribution >= 0.6 is 35.0 Å². The first-order valence-electron chi connectivity index (χ1n) is 9.34. The maximum atomic E-state index is 13.0. The summed E-state index contributed by atoms with van der Waals surface area (Å²) in [7, 11) is 3.07. The molecule has 3 rings (SSSR count). The molecule has 0 saturated carbocycles. The Hall–Kier alpha value is -2.26. The van der Waals surface area contributed by atoms with Gasteiger partial charge in [0.2, 0.25) is 5.91 Å². The monoisotopic (exact) mass is 481 g/mol. The van der Waals surface area contributed by atoms with Crippen molar-refractivity contribution in [3.05, 3.63) is 56.8 Å². The number of nitrogens with zero attached hydrogens (tertiary/aromatic N) is 2. The molecule has 7 nitrogen and oxygen atoms in total. The number of amides is 1. The molecule has 3 aromatic rings. The van der Waals surface area contributed by atoms with Crippen molar-refractivity contribution in [2.75, 3.05) is 26.1 Å². The number of carbonyl (C=O) groups is 1. The van der Waals surface area contributed by atoms with Gasteiger partial charge in [-0.1, -0.05) is 35.0 Å². The van der Waals surface area contributed by atoms with Crippen molar-refractivity contribution in [1.29, 1.82) is 0 Å². The zero-order valence-electron chi connectivity index (χ0n) is 17.1. The summed E-state index contributed by atoms with van der Waals surface area (Å²) in [4.78, 5) is 30.4. The van der Waals surface area contributed by atoms with E-state index in [0.29, 0.717) is 50.7 Å². The van der Waals surface area contributed by atoms with Gasteiger partial charge in [0.25, 0.3) is 5.56 Å². The lowest BCUT2D eigenvalue weighted by Gasteiger charge is -2.17. The predicted molar refractivity (Wildman–Crippen MR) is 125 cm³/mol. The van der Waals surface area contributed by atoms with E-state index in [1.165, 1.54) is 23.4 Å². The number of carbonyl (C=O) groups excluding carboxylic acids is 1. The quantitative estimate of drug-likeness (QED) is 0.377. The summed E-state index contributed by atoms with van der Waals surface area (Å²) in [5.41, 5.74) is 0.714. The third-order valence-corrected chi connectivity index (χ3v) is 6.03. The van der Waals surface area contributed by atoms with Crippen molar-refractivity contribution in [2.45, 2.75) is 23.9 Å². The Balaban J connectivity index is 1.91. The Morgan fingerprint density at radius 1 is 1.19 bits per heavy atom. The lowest BCUT2D eigenvalue weighted by Crippen LogP contribution is -2.28. The van der Waals surface area contributed by atoms with Gasteiger partial charge >= 0.3 is 0 Å². The van der Waals surface area contributed by atoms with E-state index in [9.17, 15) is 9.59 Å². The van der Waals surface area contributed by atoms with Crippen LogP contribution in [0.2, 0.25) is 10.0 Å².